The Balaban J connectivity index is 0.000000161. The molecule has 0 N–H and O–H groups in total. The van der Waals surface area contributed by atoms with Gasteiger partial charge in [0.2, 0.25) is 0 Å². The summed E-state index contributed by atoms with van der Waals surface area (Å²) < 4.78 is 0. The molecule has 0 saturated carbocycles. The molecule has 2 aromatic rings. The molecule has 30 heavy (non-hydrogen) atoms. The maximum Gasteiger partial charge on any atom is 0.0718 e. The lowest BCUT2D eigenvalue weighted by molar-refractivity contribution is 0.635. The average Bonchev–Trinajstić information content (AvgIpc) is 3.09. The van der Waals surface area contributed by atoms with Crippen molar-refractivity contribution in [2.45, 2.75) is 38.5 Å². The number of fused-ring (bicyclic) bond motifs is 6. The summed E-state index contributed by atoms with van der Waals surface area (Å²) in [6, 6.07) is 19.4. The van der Waals surface area contributed by atoms with Crippen molar-refractivity contribution in [3.8, 4) is 22.4 Å². The van der Waals surface area contributed by atoms with E-state index in [4.69, 9.17) is 0 Å². The molecule has 0 saturated heterocycles. The molecule has 0 aromatic heterocycles. The number of allylic oxidation sites excluding steroid dienone is 2. The zero-order valence-corrected chi connectivity index (χ0v) is 17.6. The van der Waals surface area contributed by atoms with Crippen LogP contribution in [0.5, 0.6) is 0 Å². The Hall–Kier alpha value is -3.26. The van der Waals surface area contributed by atoms with Crippen LogP contribution in [-0.2, 0) is 24.7 Å². The van der Waals surface area contributed by atoms with Crippen LogP contribution >= 0.6 is 0 Å². The molecule has 0 radical (unpaired) electrons. The average molecular weight is 391 g/mol. The zero-order valence-electron chi connectivity index (χ0n) is 17.6. The lowest BCUT2D eigenvalue weighted by atomic mass is 9.70. The van der Waals surface area contributed by atoms with Crippen molar-refractivity contribution >= 4 is 0 Å². The third-order valence-electron chi connectivity index (χ3n) is 6.29. The highest BCUT2D eigenvalue weighted by Crippen LogP contribution is 2.42. The van der Waals surface area contributed by atoms with E-state index in [0.717, 1.165) is 17.7 Å². The zero-order chi connectivity index (χ0) is 20.6. The van der Waals surface area contributed by atoms with E-state index in [1.165, 1.54) is 35.1 Å². The number of hydrogen-bond acceptors (Lipinski definition) is 2. The molecule has 0 fully saturated rings. The van der Waals surface area contributed by atoms with Gasteiger partial charge in [0.15, 0.2) is 0 Å². The van der Waals surface area contributed by atoms with Crippen LogP contribution in [0.25, 0.3) is 22.4 Å². The first-order valence-electron chi connectivity index (χ1n) is 10.7. The maximum absolute atomic E-state index is 4.12. The van der Waals surface area contributed by atoms with E-state index in [0.29, 0.717) is 0 Å². The Morgan fingerprint density at radius 1 is 0.767 bits per heavy atom. The molecular weight excluding hydrogens is 364 g/mol. The van der Waals surface area contributed by atoms with Gasteiger partial charge in [0, 0.05) is 29.6 Å². The van der Waals surface area contributed by atoms with Crippen LogP contribution in [0.4, 0.5) is 0 Å². The number of nitrogens with zero attached hydrogens (tertiary/aromatic N) is 2. The van der Waals surface area contributed by atoms with Gasteiger partial charge in [-0.15, -0.1) is 0 Å². The fourth-order valence-corrected chi connectivity index (χ4v) is 4.93. The van der Waals surface area contributed by atoms with E-state index in [-0.39, 0.29) is 5.41 Å². The summed E-state index contributed by atoms with van der Waals surface area (Å²) in [5.74, 6) is 0. The van der Waals surface area contributed by atoms with Crippen molar-refractivity contribution < 1.29 is 0 Å². The molecule has 2 aliphatic heterocycles. The third kappa shape index (κ3) is 3.33. The molecule has 2 aromatic carbocycles. The summed E-state index contributed by atoms with van der Waals surface area (Å²) in [5, 5.41) is 0. The molecule has 0 amide bonds. The van der Waals surface area contributed by atoms with Gasteiger partial charge in [-0.1, -0.05) is 62.4 Å². The Morgan fingerprint density at radius 3 is 2.53 bits per heavy atom. The van der Waals surface area contributed by atoms with Crippen molar-refractivity contribution in [1.29, 1.82) is 0 Å². The van der Waals surface area contributed by atoms with Crippen LogP contribution in [0.1, 0.15) is 36.1 Å². The van der Waals surface area contributed by atoms with Crippen LogP contribution in [0.3, 0.4) is 0 Å². The minimum Gasteiger partial charge on any atom is -0.265 e. The number of aryl methyl sites for hydroxylation is 1. The summed E-state index contributed by atoms with van der Waals surface area (Å²) in [4.78, 5) is 8.08. The van der Waals surface area contributed by atoms with Gasteiger partial charge in [0.1, 0.15) is 0 Å². The molecule has 0 spiro atoms. The van der Waals surface area contributed by atoms with E-state index in [9.17, 15) is 0 Å². The fourth-order valence-electron chi connectivity index (χ4n) is 4.93. The van der Waals surface area contributed by atoms with E-state index in [1.54, 1.807) is 29.7 Å². The largest absolute Gasteiger partial charge is 0.265 e. The Kier molecular flexibility index (Phi) is 4.71. The number of aromatic nitrogens is 2. The monoisotopic (exact) mass is 390 g/mol. The highest BCUT2D eigenvalue weighted by atomic mass is 14.7. The predicted octanol–water partition coefficient (Wildman–Crippen LogP) is 6.42. The Labute approximate surface area is 178 Å². The van der Waals surface area contributed by atoms with Gasteiger partial charge in [-0.25, -0.2) is 0 Å². The molecule has 2 heterocycles. The standard InChI is InChI=1S/C20H20.C8H6N2/c1-20(2)13-5-7-15-10-11-17-16-8-4-3-6-14(16)9-12-18(17)19(15)20;1-4-9-5-3-8-7(1)2-6-10-8/h3-6,8,10-11,13H,7,9,12H2,1-2H3;1-6H. The predicted molar refractivity (Wildman–Crippen MR) is 124 cm³/mol. The molecule has 2 aliphatic carbocycles. The smallest absolute Gasteiger partial charge is 0.0718 e. The molecule has 0 bridgehead atoms. The molecule has 4 aliphatic rings. The number of benzene rings is 2. The summed E-state index contributed by atoms with van der Waals surface area (Å²) in [6.45, 7) is 4.70. The van der Waals surface area contributed by atoms with Gasteiger partial charge >= 0.3 is 0 Å². The van der Waals surface area contributed by atoms with Gasteiger partial charge in [-0.3, -0.25) is 9.97 Å². The van der Waals surface area contributed by atoms with Crippen LogP contribution in [0.2, 0.25) is 0 Å². The first-order chi connectivity index (χ1) is 14.6. The lowest BCUT2D eigenvalue weighted by Crippen LogP contribution is -2.23. The van der Waals surface area contributed by atoms with E-state index in [2.05, 4.69) is 72.4 Å². The van der Waals surface area contributed by atoms with Crippen molar-refractivity contribution in [2.24, 2.45) is 0 Å². The molecule has 0 unspecified atom stereocenters. The summed E-state index contributed by atoms with van der Waals surface area (Å²) >= 11 is 0. The molecule has 148 valence electrons. The van der Waals surface area contributed by atoms with Crippen molar-refractivity contribution in [3.05, 3.63) is 108 Å². The lowest BCUT2D eigenvalue weighted by Gasteiger charge is -2.34. The second-order valence-electron chi connectivity index (χ2n) is 8.68. The summed E-state index contributed by atoms with van der Waals surface area (Å²) in [5.41, 5.74) is 11.4. The molecule has 6 rings (SSSR count). The van der Waals surface area contributed by atoms with Crippen LogP contribution in [0.15, 0.2) is 85.3 Å². The van der Waals surface area contributed by atoms with Gasteiger partial charge in [-0.05, 0) is 70.8 Å². The van der Waals surface area contributed by atoms with E-state index >= 15 is 0 Å². The van der Waals surface area contributed by atoms with Gasteiger partial charge in [0.05, 0.1) is 5.69 Å². The second kappa shape index (κ2) is 7.53. The highest BCUT2D eigenvalue weighted by molar-refractivity contribution is 5.76. The van der Waals surface area contributed by atoms with Gasteiger partial charge in [0.25, 0.3) is 0 Å². The van der Waals surface area contributed by atoms with Gasteiger partial charge < -0.3 is 0 Å². The normalized spacial score (nSPS) is 15.4. The Morgan fingerprint density at radius 2 is 1.60 bits per heavy atom. The van der Waals surface area contributed by atoms with Crippen molar-refractivity contribution in [2.75, 3.05) is 0 Å². The van der Waals surface area contributed by atoms with Gasteiger partial charge in [-0.2, -0.15) is 0 Å². The minimum absolute atomic E-state index is 0.172. The van der Waals surface area contributed by atoms with Crippen LogP contribution in [-0.4, -0.2) is 9.97 Å². The Bertz CT molecular complexity index is 1170. The summed E-state index contributed by atoms with van der Waals surface area (Å²) in [7, 11) is 0. The number of rotatable bonds is 0. The molecule has 2 heteroatoms. The molecule has 2 nitrogen and oxygen atoms in total. The molecule has 0 atom stereocenters. The SMILES string of the molecule is CC1(C)C=CCc2ccc3c(c21)CCc1ccccc1-3.c1cc2ccnc-2ccn1. The minimum atomic E-state index is 0.172. The maximum atomic E-state index is 4.12. The topological polar surface area (TPSA) is 25.8 Å². The first-order valence-corrected chi connectivity index (χ1v) is 10.7. The van der Waals surface area contributed by atoms with Crippen LogP contribution < -0.4 is 0 Å². The fraction of sp³-hybridized carbons (Fsp3) is 0.214. The van der Waals surface area contributed by atoms with Crippen molar-refractivity contribution in [1.82, 2.24) is 9.97 Å². The first kappa shape index (κ1) is 18.7. The highest BCUT2D eigenvalue weighted by Gasteiger charge is 2.29. The second-order valence-corrected chi connectivity index (χ2v) is 8.68. The third-order valence-corrected chi connectivity index (χ3v) is 6.29. The van der Waals surface area contributed by atoms with E-state index in [1.807, 2.05) is 18.2 Å². The van der Waals surface area contributed by atoms with Crippen LogP contribution in [0, 0.1) is 0 Å². The van der Waals surface area contributed by atoms with E-state index < -0.39 is 0 Å². The quantitative estimate of drug-likeness (QED) is 0.324. The number of hydrogen-bond donors (Lipinski definition) is 0. The summed E-state index contributed by atoms with van der Waals surface area (Å²) in [6.07, 6.45) is 13.5. The van der Waals surface area contributed by atoms with Crippen molar-refractivity contribution in [3.63, 3.8) is 0 Å². The molecular formula is C28H26N2.